The second-order valence-corrected chi connectivity index (χ2v) is 11.8. The highest BCUT2D eigenvalue weighted by molar-refractivity contribution is 7.19. The molecule has 0 spiro atoms. The number of carbonyl (C=O) groups excluding carboxylic acids is 2. The van der Waals surface area contributed by atoms with Gasteiger partial charge in [0.25, 0.3) is 0 Å². The summed E-state index contributed by atoms with van der Waals surface area (Å²) in [5.41, 5.74) is 0.239. The summed E-state index contributed by atoms with van der Waals surface area (Å²) in [6.07, 6.45) is 5.41. The summed E-state index contributed by atoms with van der Waals surface area (Å²) < 4.78 is 22.6. The van der Waals surface area contributed by atoms with Crippen LogP contribution in [0.5, 0.6) is 0 Å². The third-order valence-corrected chi connectivity index (χ3v) is 7.02. The van der Waals surface area contributed by atoms with E-state index in [1.165, 1.54) is 11.3 Å². The summed E-state index contributed by atoms with van der Waals surface area (Å²) >= 11 is 7.13. The number of ether oxygens (including phenoxy) is 4. The smallest absolute Gasteiger partial charge is 0.407 e. The summed E-state index contributed by atoms with van der Waals surface area (Å²) in [4.78, 5) is 27.0. The van der Waals surface area contributed by atoms with Crippen molar-refractivity contribution in [2.45, 2.75) is 52.1 Å². The lowest BCUT2D eigenvalue weighted by Gasteiger charge is -2.19. The second-order valence-electron chi connectivity index (χ2n) is 10.4. The Kier molecular flexibility index (Phi) is 15.6. The number of nitriles is 1. The molecule has 1 N–H and O–H groups in total. The van der Waals surface area contributed by atoms with E-state index in [0.717, 1.165) is 52.9 Å². The van der Waals surface area contributed by atoms with Gasteiger partial charge in [0.2, 0.25) is 0 Å². The number of nitrogens with one attached hydrogen (secondary N) is 1. The van der Waals surface area contributed by atoms with Crippen LogP contribution < -0.4 is 10.2 Å². The number of hydrogen-bond acceptors (Lipinski definition) is 9. The average molecular weight is 608 g/mol. The number of halogens is 1. The molecule has 0 saturated heterocycles. The number of anilines is 1. The standard InChI is InChI=1S/C30H42ClN3O6S/c1-30(2,3)40-28(35)24(22-32)20-26-19-23-9-10-25(21-27(23)41-26)34(4)13-16-39-29(36)33-12-15-38-18-17-37-14-8-6-5-7-11-31/h9-10,19-21H,5-8,11-18H2,1-4H3,(H,33,36)/b24-20+. The number of hydrogen-bond donors (Lipinski definition) is 1. The zero-order chi connectivity index (χ0) is 30.1. The summed E-state index contributed by atoms with van der Waals surface area (Å²) in [5.74, 6) is 0.0767. The molecule has 0 saturated carbocycles. The molecule has 41 heavy (non-hydrogen) atoms. The van der Waals surface area contributed by atoms with Crippen molar-refractivity contribution in [2.24, 2.45) is 0 Å². The molecule has 1 heterocycles. The summed E-state index contributed by atoms with van der Waals surface area (Å²) in [5, 5.41) is 13.1. The molecule has 11 heteroatoms. The molecule has 226 valence electrons. The van der Waals surface area contributed by atoms with Crippen molar-refractivity contribution in [1.82, 2.24) is 5.32 Å². The zero-order valence-corrected chi connectivity index (χ0v) is 26.1. The number of fused-ring (bicyclic) bond motifs is 1. The first-order valence-electron chi connectivity index (χ1n) is 13.8. The largest absolute Gasteiger partial charge is 0.456 e. The Hall–Kier alpha value is -2.84. The maximum absolute atomic E-state index is 12.3. The lowest BCUT2D eigenvalue weighted by Crippen LogP contribution is -2.31. The number of esters is 1. The van der Waals surface area contributed by atoms with Crippen molar-refractivity contribution in [3.63, 3.8) is 0 Å². The number of thiophene rings is 1. The minimum atomic E-state index is -0.675. The Morgan fingerprint density at radius 3 is 2.49 bits per heavy atom. The van der Waals surface area contributed by atoms with E-state index < -0.39 is 17.7 Å². The first-order valence-corrected chi connectivity index (χ1v) is 15.2. The van der Waals surface area contributed by atoms with Crippen LogP contribution in [0, 0.1) is 11.3 Å². The van der Waals surface area contributed by atoms with Crippen LogP contribution in [0.2, 0.25) is 0 Å². The van der Waals surface area contributed by atoms with Gasteiger partial charge in [0.1, 0.15) is 23.9 Å². The van der Waals surface area contributed by atoms with Gasteiger partial charge in [0.05, 0.1) is 26.4 Å². The molecule has 1 amide bonds. The van der Waals surface area contributed by atoms with Crippen LogP contribution in [0.15, 0.2) is 29.8 Å². The molecule has 1 aromatic heterocycles. The van der Waals surface area contributed by atoms with E-state index in [1.54, 1.807) is 26.8 Å². The van der Waals surface area contributed by atoms with Crippen molar-refractivity contribution in [2.75, 3.05) is 64.0 Å². The topological polar surface area (TPSA) is 110 Å². The lowest BCUT2D eigenvalue weighted by atomic mass is 10.1. The fraction of sp³-hybridized carbons (Fsp3) is 0.567. The molecule has 0 unspecified atom stereocenters. The van der Waals surface area contributed by atoms with Crippen molar-refractivity contribution < 1.29 is 28.5 Å². The molecule has 2 rings (SSSR count). The minimum Gasteiger partial charge on any atom is -0.456 e. The Balaban J connectivity index is 1.68. The molecule has 0 aliphatic rings. The van der Waals surface area contributed by atoms with Gasteiger partial charge in [0, 0.05) is 41.3 Å². The molecule has 0 fully saturated rings. The van der Waals surface area contributed by atoms with Gasteiger partial charge >= 0.3 is 12.1 Å². The maximum Gasteiger partial charge on any atom is 0.407 e. The molecule has 0 atom stereocenters. The van der Waals surface area contributed by atoms with Crippen molar-refractivity contribution >= 4 is 56.8 Å². The van der Waals surface area contributed by atoms with Crippen LogP contribution in [0.25, 0.3) is 16.2 Å². The van der Waals surface area contributed by atoms with Crippen molar-refractivity contribution in [1.29, 1.82) is 5.26 Å². The molecule has 0 bridgehead atoms. The summed E-state index contributed by atoms with van der Waals surface area (Å²) in [6, 6.07) is 9.86. The highest BCUT2D eigenvalue weighted by Crippen LogP contribution is 2.31. The Morgan fingerprint density at radius 2 is 1.78 bits per heavy atom. The number of nitrogens with zero attached hydrogens (tertiary/aromatic N) is 2. The van der Waals surface area contributed by atoms with Crippen molar-refractivity contribution in [3.05, 3.63) is 34.7 Å². The van der Waals surface area contributed by atoms with Crippen LogP contribution in [0.1, 0.15) is 51.3 Å². The van der Waals surface area contributed by atoms with Gasteiger partial charge in [-0.05, 0) is 63.3 Å². The van der Waals surface area contributed by atoms with Crippen LogP contribution >= 0.6 is 22.9 Å². The number of carbonyl (C=O) groups is 2. The van der Waals surface area contributed by atoms with Crippen molar-refractivity contribution in [3.8, 4) is 6.07 Å². The molecule has 0 aliphatic heterocycles. The number of amides is 1. The quantitative estimate of drug-likeness (QED) is 0.0707. The van der Waals surface area contributed by atoms with E-state index in [-0.39, 0.29) is 12.2 Å². The number of alkyl carbamates (subject to hydrolysis) is 1. The molecule has 0 aliphatic carbocycles. The highest BCUT2D eigenvalue weighted by Gasteiger charge is 2.20. The molecule has 0 radical (unpaired) electrons. The predicted octanol–water partition coefficient (Wildman–Crippen LogP) is 6.14. The fourth-order valence-corrected chi connectivity index (χ4v) is 4.85. The van der Waals surface area contributed by atoms with Crippen LogP contribution in [-0.4, -0.2) is 76.7 Å². The number of likely N-dealkylation sites (N-methyl/N-ethyl adjacent to an activating group) is 1. The molecule has 1 aromatic carbocycles. The monoisotopic (exact) mass is 607 g/mol. The third kappa shape index (κ3) is 14.1. The Bertz CT molecular complexity index is 1170. The minimum absolute atomic E-state index is 0.0417. The molecule has 2 aromatic rings. The third-order valence-electron chi connectivity index (χ3n) is 5.71. The van der Waals surface area contributed by atoms with Crippen LogP contribution in [0.4, 0.5) is 10.5 Å². The number of alkyl halides is 1. The first-order chi connectivity index (χ1) is 19.6. The van der Waals surface area contributed by atoms with Gasteiger partial charge in [-0.2, -0.15) is 5.26 Å². The van der Waals surface area contributed by atoms with Gasteiger partial charge in [-0.15, -0.1) is 22.9 Å². The van der Waals surface area contributed by atoms with E-state index in [0.29, 0.717) is 38.8 Å². The SMILES string of the molecule is CN(CCOC(=O)NCCOCCOCCCCCCCl)c1ccc2cc(/C=C(\C#N)C(=O)OC(C)(C)C)sc2c1. The van der Waals surface area contributed by atoms with Crippen LogP contribution in [-0.2, 0) is 23.7 Å². The van der Waals surface area contributed by atoms with Crippen LogP contribution in [0.3, 0.4) is 0 Å². The van der Waals surface area contributed by atoms with Gasteiger partial charge < -0.3 is 29.2 Å². The van der Waals surface area contributed by atoms with Gasteiger partial charge in [-0.25, -0.2) is 9.59 Å². The highest BCUT2D eigenvalue weighted by atomic mass is 35.5. The van der Waals surface area contributed by atoms with E-state index in [4.69, 9.17) is 30.5 Å². The van der Waals surface area contributed by atoms with Gasteiger partial charge in [0.15, 0.2) is 0 Å². The zero-order valence-electron chi connectivity index (χ0n) is 24.5. The van der Waals surface area contributed by atoms with E-state index >= 15 is 0 Å². The lowest BCUT2D eigenvalue weighted by molar-refractivity contribution is -0.149. The summed E-state index contributed by atoms with van der Waals surface area (Å²) in [6.45, 7) is 8.51. The van der Waals surface area contributed by atoms with Gasteiger partial charge in [-0.1, -0.05) is 18.9 Å². The average Bonchev–Trinajstić information content (AvgIpc) is 3.33. The number of benzene rings is 1. The molecular formula is C30H42ClN3O6S. The first kappa shape index (κ1) is 34.4. The molecule has 9 nitrogen and oxygen atoms in total. The van der Waals surface area contributed by atoms with E-state index in [2.05, 4.69) is 5.32 Å². The molecular weight excluding hydrogens is 566 g/mol. The second kappa shape index (κ2) is 18.6. The fourth-order valence-electron chi connectivity index (χ4n) is 3.62. The van der Waals surface area contributed by atoms with E-state index in [1.807, 2.05) is 42.3 Å². The Labute approximate surface area is 252 Å². The maximum atomic E-state index is 12.3. The van der Waals surface area contributed by atoms with Gasteiger partial charge in [-0.3, -0.25) is 0 Å². The summed E-state index contributed by atoms with van der Waals surface area (Å²) in [7, 11) is 1.92. The predicted molar refractivity (Wildman–Crippen MR) is 165 cm³/mol. The van der Waals surface area contributed by atoms with E-state index in [9.17, 15) is 14.9 Å². The number of unbranched alkanes of at least 4 members (excludes halogenated alkanes) is 3. The number of rotatable bonds is 18. The normalized spacial score (nSPS) is 11.8. The Morgan fingerprint density at radius 1 is 1.05 bits per heavy atom.